The van der Waals surface area contributed by atoms with Crippen molar-refractivity contribution in [3.8, 4) is 34.5 Å². The third kappa shape index (κ3) is 4.05. The van der Waals surface area contributed by atoms with Gasteiger partial charge in [-0.3, -0.25) is 4.79 Å². The van der Waals surface area contributed by atoms with Crippen LogP contribution in [-0.4, -0.2) is 35.5 Å². The quantitative estimate of drug-likeness (QED) is 0.310. The highest BCUT2D eigenvalue weighted by Gasteiger charge is 2.31. The van der Waals surface area contributed by atoms with Crippen LogP contribution in [0.25, 0.3) is 12.2 Å². The fraction of sp³-hybridized carbons (Fsp3) is 0.160. The molecular weight excluding hydrogens is 412 g/mol. The lowest BCUT2D eigenvalue weighted by Gasteiger charge is -2.27. The van der Waals surface area contributed by atoms with Crippen LogP contribution >= 0.6 is 0 Å². The first-order chi connectivity index (χ1) is 15.4. The number of esters is 1. The zero-order chi connectivity index (χ0) is 22.8. The van der Waals surface area contributed by atoms with Crippen LogP contribution in [0.15, 0.2) is 48.5 Å². The van der Waals surface area contributed by atoms with Crippen molar-refractivity contribution in [2.24, 2.45) is 0 Å². The summed E-state index contributed by atoms with van der Waals surface area (Å²) >= 11 is 0. The molecule has 0 aliphatic carbocycles. The van der Waals surface area contributed by atoms with Gasteiger partial charge in [-0.2, -0.15) is 0 Å². The van der Waals surface area contributed by atoms with Gasteiger partial charge in [0.15, 0.2) is 23.0 Å². The zero-order valence-electron chi connectivity index (χ0n) is 17.5. The fourth-order valence-electron chi connectivity index (χ4n) is 3.84. The Kier molecular flexibility index (Phi) is 5.64. The molecule has 0 radical (unpaired) electrons. The lowest BCUT2D eigenvalue weighted by Crippen LogP contribution is -2.22. The summed E-state index contributed by atoms with van der Waals surface area (Å²) in [6, 6.07) is 12.9. The summed E-state index contributed by atoms with van der Waals surface area (Å²) in [5, 5.41) is 30.0. The van der Waals surface area contributed by atoms with Crippen LogP contribution in [0.2, 0.25) is 0 Å². The van der Waals surface area contributed by atoms with E-state index in [1.165, 1.54) is 32.4 Å². The second kappa shape index (κ2) is 8.55. The average Bonchev–Trinajstić information content (AvgIpc) is 2.77. The Bertz CT molecular complexity index is 1210. The number of rotatable bonds is 5. The van der Waals surface area contributed by atoms with Crippen molar-refractivity contribution >= 4 is 18.1 Å². The number of benzene rings is 3. The maximum atomic E-state index is 12.3. The number of methoxy groups -OCH3 is 2. The van der Waals surface area contributed by atoms with Crippen LogP contribution in [0.5, 0.6) is 34.5 Å². The van der Waals surface area contributed by atoms with Crippen molar-refractivity contribution in [3.63, 3.8) is 0 Å². The molecule has 3 aromatic rings. The number of hydrogen-bond donors (Lipinski definition) is 3. The summed E-state index contributed by atoms with van der Waals surface area (Å²) in [4.78, 5) is 12.3. The lowest BCUT2D eigenvalue weighted by atomic mass is 9.83. The number of phenolic OH excluding ortho intramolecular Hbond substituents is 3. The first kappa shape index (κ1) is 21.1. The van der Waals surface area contributed by atoms with Crippen LogP contribution < -0.4 is 14.2 Å². The maximum absolute atomic E-state index is 12.3. The molecule has 164 valence electrons. The van der Waals surface area contributed by atoms with Gasteiger partial charge in [-0.1, -0.05) is 24.3 Å². The van der Waals surface area contributed by atoms with Gasteiger partial charge in [-0.05, 0) is 47.0 Å². The average molecular weight is 434 g/mol. The summed E-state index contributed by atoms with van der Waals surface area (Å²) < 4.78 is 15.8. The summed E-state index contributed by atoms with van der Waals surface area (Å²) in [7, 11) is 2.93. The van der Waals surface area contributed by atoms with Gasteiger partial charge in [-0.15, -0.1) is 0 Å². The van der Waals surface area contributed by atoms with Crippen molar-refractivity contribution in [2.75, 3.05) is 14.2 Å². The first-order valence-corrected chi connectivity index (χ1v) is 9.89. The molecule has 4 rings (SSSR count). The number of fused-ring (bicyclic) bond motifs is 1. The van der Waals surface area contributed by atoms with Crippen LogP contribution in [-0.2, 0) is 4.79 Å². The molecule has 7 nitrogen and oxygen atoms in total. The third-order valence-corrected chi connectivity index (χ3v) is 5.37. The molecule has 1 aliphatic heterocycles. The molecule has 1 aliphatic rings. The van der Waals surface area contributed by atoms with Crippen LogP contribution in [0.3, 0.4) is 0 Å². The predicted molar refractivity (Wildman–Crippen MR) is 118 cm³/mol. The Morgan fingerprint density at radius 3 is 2.31 bits per heavy atom. The van der Waals surface area contributed by atoms with Crippen molar-refractivity contribution in [1.82, 2.24) is 0 Å². The molecule has 3 N–H and O–H groups in total. The normalized spacial score (nSPS) is 15.3. The van der Waals surface area contributed by atoms with E-state index in [9.17, 15) is 20.1 Å². The van der Waals surface area contributed by atoms with Gasteiger partial charge in [0.2, 0.25) is 0 Å². The summed E-state index contributed by atoms with van der Waals surface area (Å²) in [6.07, 6.45) is 3.70. The van der Waals surface area contributed by atoms with E-state index < -0.39 is 5.97 Å². The number of carbonyl (C=O) groups is 1. The maximum Gasteiger partial charge on any atom is 0.312 e. The van der Waals surface area contributed by atoms with Crippen molar-refractivity contribution in [2.45, 2.75) is 12.3 Å². The highest BCUT2D eigenvalue weighted by atomic mass is 16.5. The highest BCUT2D eigenvalue weighted by molar-refractivity contribution is 5.82. The van der Waals surface area contributed by atoms with E-state index in [0.29, 0.717) is 17.1 Å². The monoisotopic (exact) mass is 434 g/mol. The van der Waals surface area contributed by atoms with E-state index >= 15 is 0 Å². The molecule has 0 saturated carbocycles. The number of ether oxygens (including phenoxy) is 3. The Morgan fingerprint density at radius 1 is 0.906 bits per heavy atom. The van der Waals surface area contributed by atoms with E-state index in [1.54, 1.807) is 36.4 Å². The summed E-state index contributed by atoms with van der Waals surface area (Å²) in [5.41, 5.74) is 2.94. The highest BCUT2D eigenvalue weighted by Crippen LogP contribution is 2.45. The van der Waals surface area contributed by atoms with Crippen molar-refractivity contribution in [1.29, 1.82) is 0 Å². The summed E-state index contributed by atoms with van der Waals surface area (Å²) in [6.45, 7) is 0. The minimum atomic E-state index is -0.418. The number of aromatic hydroxyl groups is 3. The van der Waals surface area contributed by atoms with Gasteiger partial charge in [0.25, 0.3) is 0 Å². The minimum absolute atomic E-state index is 0.00182. The number of hydrogen-bond acceptors (Lipinski definition) is 7. The Balaban J connectivity index is 1.81. The molecular formula is C25H22O7. The minimum Gasteiger partial charge on any atom is -0.508 e. The second-order valence-corrected chi connectivity index (χ2v) is 7.37. The van der Waals surface area contributed by atoms with Crippen molar-refractivity contribution in [3.05, 3.63) is 70.8 Å². The Labute approximate surface area is 184 Å². The topological polar surface area (TPSA) is 105 Å². The molecule has 0 bridgehead atoms. The smallest absolute Gasteiger partial charge is 0.312 e. The molecule has 0 spiro atoms. The molecule has 0 amide bonds. The lowest BCUT2D eigenvalue weighted by molar-refractivity contribution is -0.135. The molecule has 3 aromatic carbocycles. The zero-order valence-corrected chi connectivity index (χ0v) is 17.5. The van der Waals surface area contributed by atoms with Gasteiger partial charge in [0, 0.05) is 17.5 Å². The third-order valence-electron chi connectivity index (χ3n) is 5.37. The molecule has 0 aromatic heterocycles. The van der Waals surface area contributed by atoms with Crippen molar-refractivity contribution < 1.29 is 34.3 Å². The molecule has 7 heteroatoms. The van der Waals surface area contributed by atoms with E-state index in [-0.39, 0.29) is 35.3 Å². The summed E-state index contributed by atoms with van der Waals surface area (Å²) in [5.74, 6) is 0.135. The SMILES string of the molecule is COc1cc(/C=C/c2cc(O)cc3c2C(c2ccc(O)c(OC)c2)CC(=O)O3)ccc1O. The molecule has 1 heterocycles. The number of phenols is 3. The molecule has 0 fully saturated rings. The van der Waals surface area contributed by atoms with Gasteiger partial charge >= 0.3 is 5.97 Å². The number of carbonyl (C=O) groups excluding carboxylic acids is 1. The fourth-order valence-corrected chi connectivity index (χ4v) is 3.84. The van der Waals surface area contributed by atoms with Gasteiger partial charge in [0.05, 0.1) is 20.6 Å². The van der Waals surface area contributed by atoms with Crippen LogP contribution in [0.1, 0.15) is 34.6 Å². The van der Waals surface area contributed by atoms with Crippen LogP contribution in [0.4, 0.5) is 0 Å². The van der Waals surface area contributed by atoms with E-state index in [1.807, 2.05) is 6.08 Å². The molecule has 0 saturated heterocycles. The van der Waals surface area contributed by atoms with Gasteiger partial charge in [-0.25, -0.2) is 0 Å². The molecule has 1 unspecified atom stereocenters. The van der Waals surface area contributed by atoms with E-state index in [2.05, 4.69) is 0 Å². The largest absolute Gasteiger partial charge is 0.508 e. The first-order valence-electron chi connectivity index (χ1n) is 9.89. The van der Waals surface area contributed by atoms with E-state index in [0.717, 1.165) is 16.7 Å². The predicted octanol–water partition coefficient (Wildman–Crippen LogP) is 4.43. The van der Waals surface area contributed by atoms with Gasteiger partial charge in [0.1, 0.15) is 11.5 Å². The van der Waals surface area contributed by atoms with Gasteiger partial charge < -0.3 is 29.5 Å². The molecule has 32 heavy (non-hydrogen) atoms. The molecule has 1 atom stereocenters. The van der Waals surface area contributed by atoms with Crippen LogP contribution in [0, 0.1) is 0 Å². The Morgan fingerprint density at radius 2 is 1.59 bits per heavy atom. The Hall–Kier alpha value is -4.13. The second-order valence-electron chi connectivity index (χ2n) is 7.37. The van der Waals surface area contributed by atoms with E-state index in [4.69, 9.17) is 14.2 Å². The standard InChI is InChI=1S/C25H22O7/c1-30-21-9-14(4-7-19(21)27)3-5-16-10-17(26)12-23-25(16)18(13-24(29)32-23)15-6-8-20(28)22(11-15)31-2/h3-12,18,26-28H,13H2,1-2H3/b5-3+.